The van der Waals surface area contributed by atoms with Gasteiger partial charge in [-0.3, -0.25) is 4.79 Å². The molecule has 0 aliphatic carbocycles. The van der Waals surface area contributed by atoms with Crippen molar-refractivity contribution >= 4 is 23.1 Å². The molecular weight excluding hydrogens is 357 g/mol. The number of aryl methyl sites for hydroxylation is 2. The number of hydrogen-bond acceptors (Lipinski definition) is 4. The molecule has 1 amide bonds. The first-order chi connectivity index (χ1) is 12.8. The molecule has 3 rings (SSSR count). The highest BCUT2D eigenvalue weighted by Crippen LogP contribution is 2.22. The smallest absolute Gasteiger partial charge is 0.275 e. The highest BCUT2D eigenvalue weighted by molar-refractivity contribution is 6.03. The van der Waals surface area contributed by atoms with Crippen LogP contribution in [0.15, 0.2) is 42.7 Å². The van der Waals surface area contributed by atoms with Crippen molar-refractivity contribution in [1.82, 2.24) is 9.97 Å². The van der Waals surface area contributed by atoms with E-state index < -0.39 is 23.4 Å². The lowest BCUT2D eigenvalue weighted by molar-refractivity contribution is 0.102. The molecule has 138 valence electrons. The molecule has 3 aromatic rings. The molecule has 2 N–H and O–H groups in total. The van der Waals surface area contributed by atoms with E-state index in [2.05, 4.69) is 20.6 Å². The summed E-state index contributed by atoms with van der Waals surface area (Å²) in [7, 11) is 0. The van der Waals surface area contributed by atoms with Gasteiger partial charge in [-0.25, -0.2) is 23.1 Å². The zero-order chi connectivity index (χ0) is 19.6. The first-order valence-corrected chi connectivity index (χ1v) is 7.96. The van der Waals surface area contributed by atoms with Gasteiger partial charge in [-0.05, 0) is 43.2 Å². The summed E-state index contributed by atoms with van der Waals surface area (Å²) in [6, 6.07) is 7.49. The molecule has 0 unspecified atom stereocenters. The minimum Gasteiger partial charge on any atom is -0.336 e. The summed E-state index contributed by atoms with van der Waals surface area (Å²) in [6.45, 7) is 3.77. The molecule has 0 bridgehead atoms. The normalized spacial score (nSPS) is 10.6. The number of benzene rings is 2. The largest absolute Gasteiger partial charge is 0.336 e. The van der Waals surface area contributed by atoms with Gasteiger partial charge >= 0.3 is 0 Å². The fourth-order valence-corrected chi connectivity index (χ4v) is 2.33. The fourth-order valence-electron chi connectivity index (χ4n) is 2.33. The van der Waals surface area contributed by atoms with Crippen LogP contribution in [0.1, 0.15) is 21.6 Å². The zero-order valence-electron chi connectivity index (χ0n) is 14.5. The Labute approximate surface area is 153 Å². The lowest BCUT2D eigenvalue weighted by atomic mass is 10.1. The lowest BCUT2D eigenvalue weighted by Crippen LogP contribution is -2.15. The van der Waals surface area contributed by atoms with Crippen LogP contribution in [0.4, 0.5) is 30.4 Å². The first-order valence-electron chi connectivity index (χ1n) is 7.96. The van der Waals surface area contributed by atoms with Crippen LogP contribution < -0.4 is 10.6 Å². The Hall–Kier alpha value is -3.42. The van der Waals surface area contributed by atoms with Gasteiger partial charge in [0.05, 0.1) is 18.1 Å². The Kier molecular flexibility index (Phi) is 5.07. The van der Waals surface area contributed by atoms with Gasteiger partial charge in [0.2, 0.25) is 0 Å². The molecule has 2 aromatic carbocycles. The number of halogens is 3. The molecule has 0 radical (unpaired) electrons. The maximum absolute atomic E-state index is 13.7. The predicted molar refractivity (Wildman–Crippen MR) is 95.5 cm³/mol. The van der Waals surface area contributed by atoms with Crippen molar-refractivity contribution < 1.29 is 18.0 Å². The second kappa shape index (κ2) is 7.45. The van der Waals surface area contributed by atoms with Crippen LogP contribution >= 0.6 is 0 Å². The number of anilines is 3. The topological polar surface area (TPSA) is 66.9 Å². The van der Waals surface area contributed by atoms with E-state index in [1.807, 2.05) is 32.0 Å². The molecule has 0 atom stereocenters. The monoisotopic (exact) mass is 372 g/mol. The van der Waals surface area contributed by atoms with Gasteiger partial charge in [0, 0.05) is 5.69 Å². The Morgan fingerprint density at radius 2 is 1.70 bits per heavy atom. The number of aromatic nitrogens is 2. The summed E-state index contributed by atoms with van der Waals surface area (Å²) >= 11 is 0. The van der Waals surface area contributed by atoms with Crippen molar-refractivity contribution in [2.45, 2.75) is 13.8 Å². The second-order valence-corrected chi connectivity index (χ2v) is 5.91. The number of nitrogens with one attached hydrogen (secondary N) is 2. The molecule has 8 heteroatoms. The lowest BCUT2D eigenvalue weighted by Gasteiger charge is -2.10. The number of amides is 1. The fraction of sp³-hybridized carbons (Fsp3) is 0.105. The zero-order valence-corrected chi connectivity index (χ0v) is 14.5. The van der Waals surface area contributed by atoms with E-state index in [1.165, 1.54) is 12.4 Å². The quantitative estimate of drug-likeness (QED) is 0.662. The van der Waals surface area contributed by atoms with E-state index in [9.17, 15) is 18.0 Å². The third kappa shape index (κ3) is 4.05. The van der Waals surface area contributed by atoms with Gasteiger partial charge in [0.1, 0.15) is 11.5 Å². The van der Waals surface area contributed by atoms with Crippen molar-refractivity contribution in [3.63, 3.8) is 0 Å². The third-order valence-corrected chi connectivity index (χ3v) is 3.82. The van der Waals surface area contributed by atoms with Crippen LogP contribution in [0.25, 0.3) is 0 Å². The van der Waals surface area contributed by atoms with Crippen molar-refractivity contribution in [2.24, 2.45) is 0 Å². The second-order valence-electron chi connectivity index (χ2n) is 5.91. The maximum Gasteiger partial charge on any atom is 0.275 e. The molecule has 5 nitrogen and oxygen atoms in total. The predicted octanol–water partition coefficient (Wildman–Crippen LogP) is 4.51. The Balaban J connectivity index is 1.74. The minimum absolute atomic E-state index is 0.0483. The van der Waals surface area contributed by atoms with Gasteiger partial charge in [0.25, 0.3) is 5.91 Å². The van der Waals surface area contributed by atoms with E-state index in [0.717, 1.165) is 23.3 Å². The SMILES string of the molecule is Cc1ccc(C)c(NC(=O)c2cnc(Nc3ccc(F)c(F)c3F)cn2)c1. The average molecular weight is 372 g/mol. The van der Waals surface area contributed by atoms with Gasteiger partial charge in [-0.2, -0.15) is 0 Å². The van der Waals surface area contributed by atoms with Crippen LogP contribution in [0.2, 0.25) is 0 Å². The summed E-state index contributed by atoms with van der Waals surface area (Å²) in [5.41, 5.74) is 2.31. The van der Waals surface area contributed by atoms with Crippen molar-refractivity contribution in [3.8, 4) is 0 Å². The van der Waals surface area contributed by atoms with Crippen LogP contribution in [0.3, 0.4) is 0 Å². The molecule has 0 saturated heterocycles. The van der Waals surface area contributed by atoms with Crippen LogP contribution in [0, 0.1) is 31.3 Å². The average Bonchev–Trinajstić information content (AvgIpc) is 2.65. The first kappa shape index (κ1) is 18.4. The molecule has 0 saturated carbocycles. The number of carbonyl (C=O) groups excluding carboxylic acids is 1. The van der Waals surface area contributed by atoms with Gasteiger partial charge in [0.15, 0.2) is 17.5 Å². The van der Waals surface area contributed by atoms with Crippen molar-refractivity contribution in [2.75, 3.05) is 10.6 Å². The molecule has 27 heavy (non-hydrogen) atoms. The van der Waals surface area contributed by atoms with Crippen LogP contribution in [0.5, 0.6) is 0 Å². The van der Waals surface area contributed by atoms with Crippen molar-refractivity contribution in [1.29, 1.82) is 0 Å². The molecular formula is C19H15F3N4O. The third-order valence-electron chi connectivity index (χ3n) is 3.82. The minimum atomic E-state index is -1.59. The van der Waals surface area contributed by atoms with Crippen molar-refractivity contribution in [3.05, 3.63) is 77.0 Å². The van der Waals surface area contributed by atoms with Gasteiger partial charge < -0.3 is 10.6 Å². The molecule has 0 aliphatic rings. The summed E-state index contributed by atoms with van der Waals surface area (Å²) < 4.78 is 39.9. The van der Waals surface area contributed by atoms with E-state index in [4.69, 9.17) is 0 Å². The molecule has 0 spiro atoms. The van der Waals surface area contributed by atoms with Crippen LogP contribution in [-0.4, -0.2) is 15.9 Å². The summed E-state index contributed by atoms with van der Waals surface area (Å²) in [5.74, 6) is -4.63. The molecule has 0 fully saturated rings. The standard InChI is InChI=1S/C19H15F3N4O/c1-10-3-4-11(2)14(7-10)26-19(27)15-8-24-16(9-23-15)25-13-6-5-12(20)17(21)18(13)22/h3-9H,1-2H3,(H,24,25)(H,26,27). The molecule has 1 heterocycles. The summed E-state index contributed by atoms with van der Waals surface area (Å²) in [6.07, 6.45) is 2.39. The maximum atomic E-state index is 13.7. The summed E-state index contributed by atoms with van der Waals surface area (Å²) in [4.78, 5) is 20.2. The van der Waals surface area contributed by atoms with E-state index in [1.54, 1.807) is 0 Å². The number of nitrogens with zero attached hydrogens (tertiary/aromatic N) is 2. The Morgan fingerprint density at radius 3 is 2.41 bits per heavy atom. The summed E-state index contributed by atoms with van der Waals surface area (Å²) in [5, 5.41) is 5.23. The number of carbonyl (C=O) groups is 1. The highest BCUT2D eigenvalue weighted by atomic mass is 19.2. The van der Waals surface area contributed by atoms with E-state index >= 15 is 0 Å². The highest BCUT2D eigenvalue weighted by Gasteiger charge is 2.15. The number of hydrogen-bond donors (Lipinski definition) is 2. The molecule has 0 aliphatic heterocycles. The Bertz CT molecular complexity index is 1010. The Morgan fingerprint density at radius 1 is 0.926 bits per heavy atom. The number of rotatable bonds is 4. The van der Waals surface area contributed by atoms with Crippen LogP contribution in [-0.2, 0) is 0 Å². The van der Waals surface area contributed by atoms with Gasteiger partial charge in [-0.15, -0.1) is 0 Å². The van der Waals surface area contributed by atoms with E-state index in [-0.39, 0.29) is 17.2 Å². The van der Waals surface area contributed by atoms with Gasteiger partial charge in [-0.1, -0.05) is 12.1 Å². The molecule has 1 aromatic heterocycles. The van der Waals surface area contributed by atoms with E-state index in [0.29, 0.717) is 5.69 Å².